The van der Waals surface area contributed by atoms with Crippen molar-refractivity contribution in [3.8, 4) is 0 Å². The Hall–Kier alpha value is 0. The topological polar surface area (TPSA) is 0 Å². The molecular weight excluding hydrogens is 156 g/mol. The lowest BCUT2D eigenvalue weighted by Gasteiger charge is -2.41. The first-order chi connectivity index (χ1) is 5.60. The van der Waals surface area contributed by atoms with Gasteiger partial charge in [-0.3, -0.25) is 0 Å². The molecule has 0 aromatic rings. The Morgan fingerprint density at radius 2 is 1.38 bits per heavy atom. The molecule has 0 fully saturated rings. The van der Waals surface area contributed by atoms with E-state index in [9.17, 15) is 0 Å². The molecule has 0 aromatic heterocycles. The summed E-state index contributed by atoms with van der Waals surface area (Å²) >= 11 is 0. The third-order valence-electron chi connectivity index (χ3n) is 3.16. The summed E-state index contributed by atoms with van der Waals surface area (Å²) in [6.07, 6.45) is 1.26. The summed E-state index contributed by atoms with van der Waals surface area (Å²) in [4.78, 5) is 0. The van der Waals surface area contributed by atoms with Crippen LogP contribution in [-0.2, 0) is 0 Å². The van der Waals surface area contributed by atoms with E-state index >= 15 is 0 Å². The summed E-state index contributed by atoms with van der Waals surface area (Å²) in [5, 5.41) is 0. The average molecular weight is 183 g/mol. The zero-order valence-corrected chi connectivity index (χ0v) is 10.8. The first-order valence-corrected chi connectivity index (χ1v) is 5.44. The maximum absolute atomic E-state index is 2.34. The minimum absolute atomic E-state index is 0.355. The predicted octanol–water partition coefficient (Wildman–Crippen LogP) is 4.70. The van der Waals surface area contributed by atoms with Crippen LogP contribution in [0.25, 0.3) is 0 Å². The standard InChI is InChI=1S/C13H27/c1-9-11(13(6,7)8)10(2)12(3,4)5/h11H,9H2,1-8H3/t11-/m1/s1. The molecule has 13 heavy (non-hydrogen) atoms. The van der Waals surface area contributed by atoms with Gasteiger partial charge < -0.3 is 0 Å². The van der Waals surface area contributed by atoms with Crippen LogP contribution in [0.5, 0.6) is 0 Å². The van der Waals surface area contributed by atoms with Crippen molar-refractivity contribution in [3.05, 3.63) is 5.92 Å². The van der Waals surface area contributed by atoms with E-state index in [-0.39, 0.29) is 0 Å². The van der Waals surface area contributed by atoms with Crippen LogP contribution in [0.1, 0.15) is 61.8 Å². The Balaban J connectivity index is 4.61. The van der Waals surface area contributed by atoms with Crippen LogP contribution in [0.3, 0.4) is 0 Å². The largest absolute Gasteiger partial charge is 0.0651 e. The van der Waals surface area contributed by atoms with Gasteiger partial charge in [0.05, 0.1) is 0 Å². The quantitative estimate of drug-likeness (QED) is 0.582. The maximum Gasteiger partial charge on any atom is -0.0182 e. The van der Waals surface area contributed by atoms with Gasteiger partial charge in [-0.25, -0.2) is 0 Å². The molecule has 0 aliphatic heterocycles. The predicted molar refractivity (Wildman–Crippen MR) is 61.6 cm³/mol. The SMILES string of the molecule is CC[C@H]([C](C)C(C)(C)C)C(C)(C)C. The minimum atomic E-state index is 0.355. The van der Waals surface area contributed by atoms with Crippen LogP contribution < -0.4 is 0 Å². The summed E-state index contributed by atoms with van der Waals surface area (Å²) in [6, 6.07) is 0. The molecule has 0 N–H and O–H groups in total. The molecule has 0 aliphatic rings. The van der Waals surface area contributed by atoms with Crippen LogP contribution in [0.15, 0.2) is 0 Å². The summed E-state index contributed by atoms with van der Waals surface area (Å²) < 4.78 is 0. The first kappa shape index (κ1) is 13.0. The Morgan fingerprint density at radius 1 is 1.00 bits per heavy atom. The van der Waals surface area contributed by atoms with Gasteiger partial charge in [-0.15, -0.1) is 0 Å². The third kappa shape index (κ3) is 3.70. The summed E-state index contributed by atoms with van der Waals surface area (Å²) in [7, 11) is 0. The Morgan fingerprint density at radius 3 is 1.46 bits per heavy atom. The average Bonchev–Trinajstić information content (AvgIpc) is 1.83. The van der Waals surface area contributed by atoms with Gasteiger partial charge in [-0.1, -0.05) is 61.8 Å². The van der Waals surface area contributed by atoms with Gasteiger partial charge in [0.2, 0.25) is 0 Å². The highest BCUT2D eigenvalue weighted by atomic mass is 14.4. The van der Waals surface area contributed by atoms with Crippen LogP contribution in [0.4, 0.5) is 0 Å². The van der Waals surface area contributed by atoms with Gasteiger partial charge in [0, 0.05) is 0 Å². The van der Waals surface area contributed by atoms with Crippen molar-refractivity contribution in [2.24, 2.45) is 16.7 Å². The lowest BCUT2D eigenvalue weighted by molar-refractivity contribution is 0.195. The van der Waals surface area contributed by atoms with Crippen molar-refractivity contribution < 1.29 is 0 Å². The van der Waals surface area contributed by atoms with Crippen LogP contribution >= 0.6 is 0 Å². The molecule has 0 unspecified atom stereocenters. The fourth-order valence-corrected chi connectivity index (χ4v) is 2.09. The fourth-order valence-electron chi connectivity index (χ4n) is 2.09. The van der Waals surface area contributed by atoms with Crippen LogP contribution in [0.2, 0.25) is 0 Å². The molecule has 0 saturated carbocycles. The zero-order valence-electron chi connectivity index (χ0n) is 10.8. The fraction of sp³-hybridized carbons (Fsp3) is 0.923. The van der Waals surface area contributed by atoms with E-state index in [4.69, 9.17) is 0 Å². The Bertz CT molecular complexity index is 142. The van der Waals surface area contributed by atoms with Gasteiger partial charge in [0.25, 0.3) is 0 Å². The Labute approximate surface area is 85.1 Å². The molecule has 0 heteroatoms. The molecular formula is C13H27. The highest BCUT2D eigenvalue weighted by Gasteiger charge is 2.34. The number of hydrogen-bond donors (Lipinski definition) is 0. The first-order valence-electron chi connectivity index (χ1n) is 5.44. The van der Waals surface area contributed by atoms with E-state index < -0.39 is 0 Å². The van der Waals surface area contributed by atoms with Crippen molar-refractivity contribution in [1.82, 2.24) is 0 Å². The summed E-state index contributed by atoms with van der Waals surface area (Å²) in [5.41, 5.74) is 0.764. The lowest BCUT2D eigenvalue weighted by atomic mass is 9.64. The third-order valence-corrected chi connectivity index (χ3v) is 3.16. The summed E-state index contributed by atoms with van der Waals surface area (Å²) in [6.45, 7) is 18.6. The van der Waals surface area contributed by atoms with Crippen molar-refractivity contribution in [2.75, 3.05) is 0 Å². The molecule has 0 spiro atoms. The monoisotopic (exact) mass is 183 g/mol. The van der Waals surface area contributed by atoms with Crippen molar-refractivity contribution in [2.45, 2.75) is 61.8 Å². The smallest absolute Gasteiger partial charge is 0.0182 e. The van der Waals surface area contributed by atoms with E-state index in [1.165, 1.54) is 6.42 Å². The molecule has 0 aliphatic carbocycles. The van der Waals surface area contributed by atoms with Gasteiger partial charge in [0.15, 0.2) is 0 Å². The number of rotatable bonds is 2. The number of hydrogen-bond acceptors (Lipinski definition) is 0. The second-order valence-electron chi connectivity index (χ2n) is 6.26. The van der Waals surface area contributed by atoms with Gasteiger partial charge in [-0.05, 0) is 22.7 Å². The second-order valence-corrected chi connectivity index (χ2v) is 6.26. The van der Waals surface area contributed by atoms with Crippen molar-refractivity contribution >= 4 is 0 Å². The van der Waals surface area contributed by atoms with E-state index in [2.05, 4.69) is 55.4 Å². The molecule has 0 rings (SSSR count). The molecule has 0 heterocycles. The summed E-state index contributed by atoms with van der Waals surface area (Å²) in [5.74, 6) is 2.38. The highest BCUT2D eigenvalue weighted by molar-refractivity contribution is 5.04. The van der Waals surface area contributed by atoms with Crippen LogP contribution in [-0.4, -0.2) is 0 Å². The van der Waals surface area contributed by atoms with Gasteiger partial charge in [0.1, 0.15) is 0 Å². The van der Waals surface area contributed by atoms with E-state index in [1.807, 2.05) is 0 Å². The molecule has 79 valence electrons. The molecule has 0 bridgehead atoms. The van der Waals surface area contributed by atoms with E-state index in [0.29, 0.717) is 10.8 Å². The van der Waals surface area contributed by atoms with E-state index in [0.717, 1.165) is 5.92 Å². The Kier molecular flexibility index (Phi) is 4.02. The molecule has 0 aromatic carbocycles. The van der Waals surface area contributed by atoms with E-state index in [1.54, 1.807) is 5.92 Å². The van der Waals surface area contributed by atoms with Crippen LogP contribution in [0, 0.1) is 22.7 Å². The molecule has 1 atom stereocenters. The molecule has 0 saturated heterocycles. The molecule has 0 nitrogen and oxygen atoms in total. The van der Waals surface area contributed by atoms with Crippen molar-refractivity contribution in [3.63, 3.8) is 0 Å². The van der Waals surface area contributed by atoms with Crippen molar-refractivity contribution in [1.29, 1.82) is 0 Å². The van der Waals surface area contributed by atoms with Gasteiger partial charge >= 0.3 is 0 Å². The lowest BCUT2D eigenvalue weighted by Crippen LogP contribution is -2.32. The zero-order chi connectivity index (χ0) is 10.9. The maximum atomic E-state index is 2.34. The normalized spacial score (nSPS) is 16.4. The highest BCUT2D eigenvalue weighted by Crippen LogP contribution is 2.44. The molecule has 1 radical (unpaired) electrons. The molecule has 0 amide bonds. The second kappa shape index (κ2) is 4.02. The van der Waals surface area contributed by atoms with Gasteiger partial charge in [-0.2, -0.15) is 0 Å². The minimum Gasteiger partial charge on any atom is -0.0651 e.